The van der Waals surface area contributed by atoms with Crippen molar-refractivity contribution >= 4 is 29.8 Å². The number of carbonyl (C=O) groups excluding carboxylic acids is 5. The van der Waals surface area contributed by atoms with Gasteiger partial charge in [0.05, 0.1) is 12.7 Å². The second kappa shape index (κ2) is 10.5. The lowest BCUT2D eigenvalue weighted by Gasteiger charge is -2.42. The Balaban J connectivity index is 2.46. The maximum absolute atomic E-state index is 12.5. The number of benzene rings is 1. The number of hydrogen-bond acceptors (Lipinski definition) is 11. The summed E-state index contributed by atoms with van der Waals surface area (Å²) in [6, 6.07) is 7.81. The fourth-order valence-electron chi connectivity index (χ4n) is 2.92. The van der Waals surface area contributed by atoms with Crippen LogP contribution in [0.25, 0.3) is 0 Å². The zero-order valence-corrected chi connectivity index (χ0v) is 17.3. The Morgan fingerprint density at radius 3 is 1.77 bits per heavy atom. The SMILES string of the molecule is COC(=O)[C@@H]1O[C@H](OC(=O)c2ccccc2)[C@H](OC(C)=O)[C@@H](OC(C)=O)[C@@H]1OC(C)=O. The van der Waals surface area contributed by atoms with Crippen molar-refractivity contribution in [2.24, 2.45) is 0 Å². The maximum Gasteiger partial charge on any atom is 0.340 e. The molecule has 1 aromatic carbocycles. The molecule has 11 nitrogen and oxygen atoms in total. The number of rotatable bonds is 6. The zero-order valence-electron chi connectivity index (χ0n) is 17.3. The molecule has 0 aromatic heterocycles. The summed E-state index contributed by atoms with van der Waals surface area (Å²) in [6.07, 6.45) is -7.93. The maximum atomic E-state index is 12.5. The van der Waals surface area contributed by atoms with Gasteiger partial charge in [-0.15, -0.1) is 0 Å². The molecule has 0 saturated carbocycles. The second-order valence-corrected chi connectivity index (χ2v) is 6.44. The van der Waals surface area contributed by atoms with Gasteiger partial charge in [-0.3, -0.25) is 14.4 Å². The van der Waals surface area contributed by atoms with E-state index in [4.69, 9.17) is 23.7 Å². The van der Waals surface area contributed by atoms with Crippen molar-refractivity contribution in [3.05, 3.63) is 35.9 Å². The quantitative estimate of drug-likeness (QED) is 0.454. The summed E-state index contributed by atoms with van der Waals surface area (Å²) < 4.78 is 30.9. The van der Waals surface area contributed by atoms with Crippen LogP contribution in [0.1, 0.15) is 31.1 Å². The number of hydrogen-bond donors (Lipinski definition) is 0. The van der Waals surface area contributed by atoms with Gasteiger partial charge < -0.3 is 28.4 Å². The number of esters is 5. The van der Waals surface area contributed by atoms with Gasteiger partial charge in [0.25, 0.3) is 0 Å². The number of methoxy groups -OCH3 is 1. The lowest BCUT2D eigenvalue weighted by Crippen LogP contribution is -2.64. The summed E-state index contributed by atoms with van der Waals surface area (Å²) in [4.78, 5) is 59.8. The van der Waals surface area contributed by atoms with Gasteiger partial charge in [0.15, 0.2) is 18.3 Å². The van der Waals surface area contributed by atoms with E-state index in [0.29, 0.717) is 0 Å². The summed E-state index contributed by atoms with van der Waals surface area (Å²) in [6.45, 7) is 3.18. The molecular formula is C20H22O11. The van der Waals surface area contributed by atoms with Gasteiger partial charge in [-0.05, 0) is 12.1 Å². The average molecular weight is 438 g/mol. The van der Waals surface area contributed by atoms with E-state index in [-0.39, 0.29) is 5.56 Å². The van der Waals surface area contributed by atoms with E-state index < -0.39 is 60.6 Å². The minimum Gasteiger partial charge on any atom is -0.467 e. The molecule has 1 aromatic rings. The van der Waals surface area contributed by atoms with Crippen molar-refractivity contribution < 1.29 is 52.4 Å². The Morgan fingerprint density at radius 1 is 0.742 bits per heavy atom. The topological polar surface area (TPSA) is 141 Å². The highest BCUT2D eigenvalue weighted by atomic mass is 16.7. The van der Waals surface area contributed by atoms with Gasteiger partial charge >= 0.3 is 29.8 Å². The van der Waals surface area contributed by atoms with Crippen LogP contribution in [-0.2, 0) is 47.6 Å². The first-order valence-electron chi connectivity index (χ1n) is 9.15. The molecule has 0 spiro atoms. The molecule has 1 heterocycles. The summed E-state index contributed by atoms with van der Waals surface area (Å²) in [5.41, 5.74) is 0.147. The molecule has 11 heteroatoms. The molecule has 0 amide bonds. The smallest absolute Gasteiger partial charge is 0.340 e. The third-order valence-corrected chi connectivity index (χ3v) is 4.07. The Hall–Kier alpha value is -3.47. The predicted octanol–water partition coefficient (Wildman–Crippen LogP) is 0.536. The number of ether oxygens (including phenoxy) is 6. The summed E-state index contributed by atoms with van der Waals surface area (Å²) in [5.74, 6) is -4.35. The molecule has 0 aliphatic carbocycles. The van der Waals surface area contributed by atoms with Crippen molar-refractivity contribution in [3.63, 3.8) is 0 Å². The molecule has 0 radical (unpaired) electrons. The van der Waals surface area contributed by atoms with E-state index in [9.17, 15) is 24.0 Å². The molecule has 0 N–H and O–H groups in total. The van der Waals surface area contributed by atoms with Gasteiger partial charge in [-0.1, -0.05) is 18.2 Å². The molecule has 31 heavy (non-hydrogen) atoms. The molecule has 1 aliphatic rings. The molecular weight excluding hydrogens is 416 g/mol. The fraction of sp³-hybridized carbons (Fsp3) is 0.450. The molecule has 2 rings (SSSR count). The summed E-state index contributed by atoms with van der Waals surface area (Å²) in [7, 11) is 1.06. The molecule has 0 unspecified atom stereocenters. The van der Waals surface area contributed by atoms with Crippen LogP contribution in [0, 0.1) is 0 Å². The van der Waals surface area contributed by atoms with Gasteiger partial charge in [0, 0.05) is 20.8 Å². The van der Waals surface area contributed by atoms with Gasteiger partial charge in [0.2, 0.25) is 12.4 Å². The van der Waals surface area contributed by atoms with Crippen LogP contribution in [0.5, 0.6) is 0 Å². The van der Waals surface area contributed by atoms with Gasteiger partial charge in [-0.25, -0.2) is 9.59 Å². The highest BCUT2D eigenvalue weighted by Gasteiger charge is 2.56. The first kappa shape index (κ1) is 23.8. The Morgan fingerprint density at radius 2 is 1.26 bits per heavy atom. The van der Waals surface area contributed by atoms with Crippen LogP contribution < -0.4 is 0 Å². The predicted molar refractivity (Wildman–Crippen MR) is 99.2 cm³/mol. The third-order valence-electron chi connectivity index (χ3n) is 4.07. The minimum atomic E-state index is -1.68. The van der Waals surface area contributed by atoms with E-state index in [2.05, 4.69) is 4.74 Å². The molecule has 1 aliphatic heterocycles. The highest BCUT2D eigenvalue weighted by Crippen LogP contribution is 2.30. The Kier molecular flexibility index (Phi) is 8.08. The zero-order chi connectivity index (χ0) is 23.1. The van der Waals surface area contributed by atoms with Crippen LogP contribution in [0.4, 0.5) is 0 Å². The highest BCUT2D eigenvalue weighted by molar-refractivity contribution is 5.89. The van der Waals surface area contributed by atoms with Crippen molar-refractivity contribution in [2.75, 3.05) is 7.11 Å². The van der Waals surface area contributed by atoms with Crippen LogP contribution in [0.3, 0.4) is 0 Å². The van der Waals surface area contributed by atoms with Crippen LogP contribution >= 0.6 is 0 Å². The van der Waals surface area contributed by atoms with Crippen molar-refractivity contribution in [2.45, 2.75) is 51.5 Å². The number of carbonyl (C=O) groups is 5. The second-order valence-electron chi connectivity index (χ2n) is 6.44. The fourth-order valence-corrected chi connectivity index (χ4v) is 2.92. The van der Waals surface area contributed by atoms with Crippen LogP contribution in [0.15, 0.2) is 30.3 Å². The van der Waals surface area contributed by atoms with Crippen LogP contribution in [0.2, 0.25) is 0 Å². The van der Waals surface area contributed by atoms with E-state index in [0.717, 1.165) is 27.9 Å². The van der Waals surface area contributed by atoms with Crippen LogP contribution in [-0.4, -0.2) is 67.7 Å². The summed E-state index contributed by atoms with van der Waals surface area (Å²) in [5, 5.41) is 0. The lowest BCUT2D eigenvalue weighted by atomic mass is 9.97. The Bertz CT molecular complexity index is 835. The molecule has 5 atom stereocenters. The first-order chi connectivity index (χ1) is 14.6. The minimum absolute atomic E-state index is 0.147. The summed E-state index contributed by atoms with van der Waals surface area (Å²) >= 11 is 0. The molecule has 1 fully saturated rings. The molecule has 0 bridgehead atoms. The average Bonchev–Trinajstić information content (AvgIpc) is 2.71. The third kappa shape index (κ3) is 6.25. The standard InChI is InChI=1S/C20H22O11/c1-10(21)27-14-15(28-11(2)22)17(29-12(3)23)20(30-16(14)19(25)26-4)31-18(24)13-8-6-5-7-9-13/h5-9,14-17,20H,1-4H3/t14-,15-,16+,17+,20+/m0/s1. The largest absolute Gasteiger partial charge is 0.467 e. The van der Waals surface area contributed by atoms with Gasteiger partial charge in [-0.2, -0.15) is 0 Å². The Labute approximate surface area is 177 Å². The van der Waals surface area contributed by atoms with E-state index in [1.165, 1.54) is 12.1 Å². The van der Waals surface area contributed by atoms with E-state index in [1.54, 1.807) is 18.2 Å². The lowest BCUT2D eigenvalue weighted by molar-refractivity contribution is -0.288. The van der Waals surface area contributed by atoms with E-state index >= 15 is 0 Å². The first-order valence-corrected chi connectivity index (χ1v) is 9.15. The van der Waals surface area contributed by atoms with Gasteiger partial charge in [0.1, 0.15) is 0 Å². The molecule has 1 saturated heterocycles. The van der Waals surface area contributed by atoms with Crippen molar-refractivity contribution in [1.29, 1.82) is 0 Å². The van der Waals surface area contributed by atoms with E-state index in [1.807, 2.05) is 0 Å². The molecule has 168 valence electrons. The van der Waals surface area contributed by atoms with Crippen molar-refractivity contribution in [1.82, 2.24) is 0 Å². The monoisotopic (exact) mass is 438 g/mol. The van der Waals surface area contributed by atoms with Crippen molar-refractivity contribution in [3.8, 4) is 0 Å². The normalized spacial score (nSPS) is 25.0.